The Labute approximate surface area is 88.7 Å². The fourth-order valence-corrected chi connectivity index (χ4v) is 1.41. The van der Waals surface area contributed by atoms with Crippen LogP contribution in [0.2, 0.25) is 0 Å². The fraction of sp³-hybridized carbons (Fsp3) is 0.111. The first kappa shape index (κ1) is 10.6. The Bertz CT molecular complexity index is 411. The van der Waals surface area contributed by atoms with Crippen molar-refractivity contribution in [3.05, 3.63) is 28.2 Å². The average molecular weight is 256 g/mol. The Morgan fingerprint density at radius 2 is 2.21 bits per heavy atom. The summed E-state index contributed by atoms with van der Waals surface area (Å²) in [6.45, 7) is 0. The van der Waals surface area contributed by atoms with Crippen LogP contribution < -0.4 is 0 Å². The first-order valence-electron chi connectivity index (χ1n) is 3.64. The number of ether oxygens (including phenoxy) is 1. The second-order valence-electron chi connectivity index (χ2n) is 2.39. The molecule has 0 radical (unpaired) electrons. The lowest BCUT2D eigenvalue weighted by molar-refractivity contribution is 0.0600. The molecule has 72 valence electrons. The Kier molecular flexibility index (Phi) is 3.56. The van der Waals surface area contributed by atoms with Crippen molar-refractivity contribution in [2.24, 2.45) is 4.99 Å². The molecule has 0 aliphatic heterocycles. The third-order valence-electron chi connectivity index (χ3n) is 1.48. The van der Waals surface area contributed by atoms with Gasteiger partial charge < -0.3 is 4.74 Å². The van der Waals surface area contributed by atoms with Gasteiger partial charge in [0, 0.05) is 4.47 Å². The van der Waals surface area contributed by atoms with E-state index in [4.69, 9.17) is 0 Å². The molecule has 1 aromatic carbocycles. The summed E-state index contributed by atoms with van der Waals surface area (Å²) in [5.41, 5.74) is 0.686. The summed E-state index contributed by atoms with van der Waals surface area (Å²) < 4.78 is 5.17. The normalized spacial score (nSPS) is 9.00. The van der Waals surface area contributed by atoms with Crippen molar-refractivity contribution in [3.63, 3.8) is 0 Å². The maximum absolute atomic E-state index is 11.1. The minimum atomic E-state index is -0.478. The number of rotatable bonds is 2. The molecule has 4 nitrogen and oxygen atoms in total. The molecule has 0 amide bonds. The van der Waals surface area contributed by atoms with Crippen LogP contribution in [0.25, 0.3) is 0 Å². The quantitative estimate of drug-likeness (QED) is 0.463. The van der Waals surface area contributed by atoms with E-state index in [0.29, 0.717) is 15.7 Å². The maximum Gasteiger partial charge on any atom is 0.337 e. The number of hydrogen-bond donors (Lipinski definition) is 0. The van der Waals surface area contributed by atoms with Crippen LogP contribution in [0, 0.1) is 0 Å². The van der Waals surface area contributed by atoms with Crippen LogP contribution in [0.4, 0.5) is 5.69 Å². The van der Waals surface area contributed by atoms with Crippen LogP contribution in [-0.2, 0) is 9.53 Å². The van der Waals surface area contributed by atoms with Crippen molar-refractivity contribution in [2.75, 3.05) is 7.11 Å². The zero-order chi connectivity index (χ0) is 10.6. The molecule has 1 rings (SSSR count). The number of benzene rings is 1. The van der Waals surface area contributed by atoms with Crippen molar-refractivity contribution in [2.45, 2.75) is 0 Å². The Balaban J connectivity index is 3.19. The highest BCUT2D eigenvalue weighted by Gasteiger charge is 2.07. The van der Waals surface area contributed by atoms with E-state index in [-0.39, 0.29) is 0 Å². The summed E-state index contributed by atoms with van der Waals surface area (Å²) in [4.78, 5) is 24.6. The van der Waals surface area contributed by atoms with Crippen LogP contribution in [0.5, 0.6) is 0 Å². The molecule has 0 heterocycles. The average Bonchev–Trinajstić information content (AvgIpc) is 2.16. The summed E-state index contributed by atoms with van der Waals surface area (Å²) in [6.07, 6.45) is 1.40. The van der Waals surface area contributed by atoms with E-state index in [9.17, 15) is 9.59 Å². The molecule has 0 saturated carbocycles. The standard InChI is InChI=1S/C9H6BrNO3/c1-14-9(13)6-2-7(10)4-8(3-6)11-5-12/h2-4H,1H3. The lowest BCUT2D eigenvalue weighted by Crippen LogP contribution is -2.00. The van der Waals surface area contributed by atoms with Crippen LogP contribution in [0.1, 0.15) is 10.4 Å². The monoisotopic (exact) mass is 255 g/mol. The van der Waals surface area contributed by atoms with Crippen LogP contribution in [0.15, 0.2) is 27.7 Å². The Morgan fingerprint density at radius 1 is 1.50 bits per heavy atom. The van der Waals surface area contributed by atoms with Gasteiger partial charge in [-0.25, -0.2) is 9.59 Å². The zero-order valence-corrected chi connectivity index (χ0v) is 8.87. The second-order valence-corrected chi connectivity index (χ2v) is 3.31. The van der Waals surface area contributed by atoms with Crippen molar-refractivity contribution in [1.82, 2.24) is 0 Å². The predicted octanol–water partition coefficient (Wildman–Crippen LogP) is 2.20. The smallest absolute Gasteiger partial charge is 0.337 e. The molecule has 0 N–H and O–H groups in total. The van der Waals surface area contributed by atoms with Gasteiger partial charge in [-0.15, -0.1) is 0 Å². The Hall–Kier alpha value is -1.45. The minimum Gasteiger partial charge on any atom is -0.465 e. The van der Waals surface area contributed by atoms with Crippen LogP contribution in [-0.4, -0.2) is 19.2 Å². The van der Waals surface area contributed by atoms with E-state index >= 15 is 0 Å². The van der Waals surface area contributed by atoms with Gasteiger partial charge in [0.05, 0.1) is 18.4 Å². The summed E-state index contributed by atoms with van der Waals surface area (Å²) in [5.74, 6) is -0.478. The molecule has 0 spiro atoms. The molecule has 0 unspecified atom stereocenters. The van der Waals surface area contributed by atoms with Crippen molar-refractivity contribution in [1.29, 1.82) is 0 Å². The molecular formula is C9H6BrNO3. The first-order valence-corrected chi connectivity index (χ1v) is 4.43. The number of hydrogen-bond acceptors (Lipinski definition) is 4. The molecule has 0 aliphatic carbocycles. The number of esters is 1. The molecule has 0 bridgehead atoms. The lowest BCUT2D eigenvalue weighted by atomic mass is 10.2. The SMILES string of the molecule is COC(=O)c1cc(Br)cc(N=C=O)c1. The minimum absolute atomic E-state index is 0.330. The number of nitrogens with zero attached hydrogens (tertiary/aromatic N) is 1. The highest BCUT2D eigenvalue weighted by molar-refractivity contribution is 9.10. The highest BCUT2D eigenvalue weighted by Crippen LogP contribution is 2.21. The van der Waals surface area contributed by atoms with E-state index in [2.05, 4.69) is 25.7 Å². The van der Waals surface area contributed by atoms with Gasteiger partial charge >= 0.3 is 5.97 Å². The van der Waals surface area contributed by atoms with E-state index in [0.717, 1.165) is 0 Å². The van der Waals surface area contributed by atoms with E-state index in [1.165, 1.54) is 19.3 Å². The molecule has 0 fully saturated rings. The van der Waals surface area contributed by atoms with Gasteiger partial charge in [-0.05, 0) is 18.2 Å². The summed E-state index contributed by atoms with van der Waals surface area (Å²) in [5, 5.41) is 0. The third-order valence-corrected chi connectivity index (χ3v) is 1.94. The van der Waals surface area contributed by atoms with Gasteiger partial charge in [-0.3, -0.25) is 0 Å². The second kappa shape index (κ2) is 4.69. The summed E-state index contributed by atoms with van der Waals surface area (Å²) >= 11 is 3.18. The number of halogens is 1. The van der Waals surface area contributed by atoms with Gasteiger partial charge in [0.15, 0.2) is 0 Å². The number of carbonyl (C=O) groups is 1. The molecule has 1 aromatic rings. The summed E-state index contributed by atoms with van der Waals surface area (Å²) in [6, 6.07) is 4.62. The fourth-order valence-electron chi connectivity index (χ4n) is 0.927. The molecular weight excluding hydrogens is 250 g/mol. The van der Waals surface area contributed by atoms with Gasteiger partial charge in [-0.1, -0.05) is 15.9 Å². The Morgan fingerprint density at radius 3 is 2.79 bits per heavy atom. The first-order chi connectivity index (χ1) is 6.67. The lowest BCUT2D eigenvalue weighted by Gasteiger charge is -2.00. The molecule has 0 aliphatic rings. The van der Waals surface area contributed by atoms with E-state index in [1.54, 1.807) is 12.1 Å². The van der Waals surface area contributed by atoms with Crippen LogP contribution >= 0.6 is 15.9 Å². The summed E-state index contributed by atoms with van der Waals surface area (Å²) in [7, 11) is 1.28. The highest BCUT2D eigenvalue weighted by atomic mass is 79.9. The molecule has 0 aromatic heterocycles. The van der Waals surface area contributed by atoms with Gasteiger partial charge in [-0.2, -0.15) is 4.99 Å². The van der Waals surface area contributed by atoms with Gasteiger partial charge in [0.2, 0.25) is 6.08 Å². The molecule has 14 heavy (non-hydrogen) atoms. The van der Waals surface area contributed by atoms with Crippen molar-refractivity contribution < 1.29 is 14.3 Å². The third kappa shape index (κ3) is 2.52. The number of carbonyl (C=O) groups excluding carboxylic acids is 2. The van der Waals surface area contributed by atoms with Gasteiger partial charge in [0.25, 0.3) is 0 Å². The van der Waals surface area contributed by atoms with Crippen molar-refractivity contribution >= 4 is 33.7 Å². The molecule has 0 atom stereocenters. The van der Waals surface area contributed by atoms with Gasteiger partial charge in [0.1, 0.15) is 0 Å². The topological polar surface area (TPSA) is 55.7 Å². The van der Waals surface area contributed by atoms with Crippen LogP contribution in [0.3, 0.4) is 0 Å². The number of methoxy groups -OCH3 is 1. The zero-order valence-electron chi connectivity index (χ0n) is 7.28. The largest absolute Gasteiger partial charge is 0.465 e. The van der Waals surface area contributed by atoms with E-state index < -0.39 is 5.97 Å². The van der Waals surface area contributed by atoms with Crippen molar-refractivity contribution in [3.8, 4) is 0 Å². The molecule has 5 heteroatoms. The maximum atomic E-state index is 11.1. The number of isocyanates is 1. The predicted molar refractivity (Wildman–Crippen MR) is 53.3 cm³/mol. The molecule has 0 saturated heterocycles. The van der Waals surface area contributed by atoms with E-state index in [1.807, 2.05) is 0 Å². The number of aliphatic imine (C=N–C) groups is 1.